The van der Waals surface area contributed by atoms with Crippen molar-refractivity contribution in [2.45, 2.75) is 84.8 Å². The van der Waals surface area contributed by atoms with Gasteiger partial charge >= 0.3 is 0 Å². The van der Waals surface area contributed by atoms with Crippen LogP contribution in [0.4, 0.5) is 0 Å². The van der Waals surface area contributed by atoms with Gasteiger partial charge in [-0.15, -0.1) is 0 Å². The van der Waals surface area contributed by atoms with Crippen LogP contribution >= 0.6 is 0 Å². The summed E-state index contributed by atoms with van der Waals surface area (Å²) in [6.45, 7) is 11.6. The molecule has 0 spiro atoms. The molecule has 0 saturated heterocycles. The first-order valence-corrected chi connectivity index (χ1v) is 9.80. The lowest BCUT2D eigenvalue weighted by atomic mass is 9.87. The molecule has 1 aromatic carbocycles. The van der Waals surface area contributed by atoms with E-state index < -0.39 is 5.79 Å². The Morgan fingerprint density at radius 1 is 1.00 bits per heavy atom. The monoisotopic (exact) mass is 332 g/mol. The second-order valence-corrected chi connectivity index (χ2v) is 8.24. The zero-order chi connectivity index (χ0) is 17.6. The Labute approximate surface area is 148 Å². The first-order valence-electron chi connectivity index (χ1n) is 9.80. The standard InChI is InChI=1S/C22H36O2/c1-17(2)18(3)20-11-13-21(14-12-20)24-22(4,5)23-16-15-19-9-7-6-8-10-19/h11-14,17-19H,6-10,15-16H2,1-5H3. The first kappa shape index (κ1) is 19.3. The van der Waals surface area contributed by atoms with Crippen molar-refractivity contribution in [2.75, 3.05) is 6.61 Å². The van der Waals surface area contributed by atoms with E-state index in [2.05, 4.69) is 45.0 Å². The van der Waals surface area contributed by atoms with E-state index in [9.17, 15) is 0 Å². The van der Waals surface area contributed by atoms with Crippen LogP contribution in [-0.2, 0) is 4.74 Å². The Hall–Kier alpha value is -1.02. The summed E-state index contributed by atoms with van der Waals surface area (Å²) >= 11 is 0. The van der Waals surface area contributed by atoms with Crippen molar-refractivity contribution < 1.29 is 9.47 Å². The molecule has 0 heterocycles. The van der Waals surface area contributed by atoms with Gasteiger partial charge in [0.05, 0.1) is 6.61 Å². The second kappa shape index (κ2) is 8.89. The minimum absolute atomic E-state index is 0.568. The van der Waals surface area contributed by atoms with Crippen molar-refractivity contribution >= 4 is 0 Å². The largest absolute Gasteiger partial charge is 0.463 e. The fourth-order valence-electron chi connectivity index (χ4n) is 3.48. The van der Waals surface area contributed by atoms with Gasteiger partial charge in [-0.05, 0) is 41.9 Å². The molecule has 1 aliphatic carbocycles. The summed E-state index contributed by atoms with van der Waals surface area (Å²) in [6, 6.07) is 8.50. The lowest BCUT2D eigenvalue weighted by Crippen LogP contribution is -2.32. The molecular weight excluding hydrogens is 296 g/mol. The van der Waals surface area contributed by atoms with Gasteiger partial charge in [0.1, 0.15) is 5.75 Å². The van der Waals surface area contributed by atoms with E-state index in [0.29, 0.717) is 11.8 Å². The summed E-state index contributed by atoms with van der Waals surface area (Å²) in [4.78, 5) is 0. The summed E-state index contributed by atoms with van der Waals surface area (Å²) in [6.07, 6.45) is 8.12. The highest BCUT2D eigenvalue weighted by atomic mass is 16.7. The maximum atomic E-state index is 6.06. The molecule has 2 heteroatoms. The summed E-state index contributed by atoms with van der Waals surface area (Å²) in [5.41, 5.74) is 1.37. The Balaban J connectivity index is 1.79. The fraction of sp³-hybridized carbons (Fsp3) is 0.727. The van der Waals surface area contributed by atoms with Crippen LogP contribution in [0.3, 0.4) is 0 Å². The predicted octanol–water partition coefficient (Wildman–Crippen LogP) is 6.55. The summed E-state index contributed by atoms with van der Waals surface area (Å²) in [7, 11) is 0. The molecule has 0 radical (unpaired) electrons. The lowest BCUT2D eigenvalue weighted by Gasteiger charge is -2.28. The molecule has 0 aliphatic heterocycles. The van der Waals surface area contributed by atoms with Crippen molar-refractivity contribution in [2.24, 2.45) is 11.8 Å². The van der Waals surface area contributed by atoms with Gasteiger partial charge in [-0.2, -0.15) is 0 Å². The maximum absolute atomic E-state index is 6.06. The molecule has 2 nitrogen and oxygen atoms in total. The number of ether oxygens (including phenoxy) is 2. The third-order valence-corrected chi connectivity index (χ3v) is 5.47. The summed E-state index contributed by atoms with van der Waals surface area (Å²) in [5, 5.41) is 0. The smallest absolute Gasteiger partial charge is 0.204 e. The Morgan fingerprint density at radius 3 is 2.21 bits per heavy atom. The van der Waals surface area contributed by atoms with Gasteiger partial charge in [0.15, 0.2) is 0 Å². The molecule has 24 heavy (non-hydrogen) atoms. The van der Waals surface area contributed by atoms with Crippen molar-refractivity contribution in [1.29, 1.82) is 0 Å². The fourth-order valence-corrected chi connectivity index (χ4v) is 3.48. The van der Waals surface area contributed by atoms with Crippen molar-refractivity contribution in [3.63, 3.8) is 0 Å². The molecule has 1 saturated carbocycles. The van der Waals surface area contributed by atoms with E-state index in [1.807, 2.05) is 13.8 Å². The molecule has 0 N–H and O–H groups in total. The van der Waals surface area contributed by atoms with Gasteiger partial charge in [-0.3, -0.25) is 0 Å². The van der Waals surface area contributed by atoms with Gasteiger partial charge in [0.25, 0.3) is 0 Å². The molecule has 1 aliphatic rings. The molecule has 1 atom stereocenters. The summed E-state index contributed by atoms with van der Waals surface area (Å²) in [5.74, 6) is 2.39. The molecule has 0 bridgehead atoms. The second-order valence-electron chi connectivity index (χ2n) is 8.24. The summed E-state index contributed by atoms with van der Waals surface area (Å²) < 4.78 is 12.1. The lowest BCUT2D eigenvalue weighted by molar-refractivity contribution is -0.158. The highest BCUT2D eigenvalue weighted by molar-refractivity contribution is 5.29. The van der Waals surface area contributed by atoms with E-state index in [1.165, 1.54) is 37.7 Å². The van der Waals surface area contributed by atoms with Gasteiger partial charge in [0, 0.05) is 13.8 Å². The maximum Gasteiger partial charge on any atom is 0.204 e. The highest BCUT2D eigenvalue weighted by Crippen LogP contribution is 2.29. The minimum Gasteiger partial charge on any atom is -0.463 e. The Kier molecular flexibility index (Phi) is 7.16. The van der Waals surface area contributed by atoms with E-state index in [-0.39, 0.29) is 0 Å². The van der Waals surface area contributed by atoms with Crippen molar-refractivity contribution in [1.82, 2.24) is 0 Å². The van der Waals surface area contributed by atoms with Crippen LogP contribution in [0.1, 0.15) is 84.6 Å². The topological polar surface area (TPSA) is 18.5 Å². The van der Waals surface area contributed by atoms with Crippen LogP contribution in [0.2, 0.25) is 0 Å². The van der Waals surface area contributed by atoms with Crippen LogP contribution in [0, 0.1) is 11.8 Å². The number of hydrogen-bond acceptors (Lipinski definition) is 2. The van der Waals surface area contributed by atoms with Crippen LogP contribution in [0.15, 0.2) is 24.3 Å². The molecule has 1 fully saturated rings. The number of hydrogen-bond donors (Lipinski definition) is 0. The molecule has 0 aromatic heterocycles. The average molecular weight is 333 g/mol. The number of benzene rings is 1. The third kappa shape index (κ3) is 6.12. The number of rotatable bonds is 8. The van der Waals surface area contributed by atoms with Crippen LogP contribution in [0.5, 0.6) is 5.75 Å². The molecule has 136 valence electrons. The average Bonchev–Trinajstić information content (AvgIpc) is 2.55. The predicted molar refractivity (Wildman–Crippen MR) is 102 cm³/mol. The van der Waals surface area contributed by atoms with E-state index >= 15 is 0 Å². The van der Waals surface area contributed by atoms with Gasteiger partial charge in [-0.25, -0.2) is 0 Å². The van der Waals surface area contributed by atoms with Crippen LogP contribution in [0.25, 0.3) is 0 Å². The normalized spacial score (nSPS) is 17.9. The van der Waals surface area contributed by atoms with Gasteiger partial charge in [0.2, 0.25) is 5.79 Å². The van der Waals surface area contributed by atoms with Crippen molar-refractivity contribution in [3.05, 3.63) is 29.8 Å². The first-order chi connectivity index (χ1) is 11.4. The van der Waals surface area contributed by atoms with E-state index in [4.69, 9.17) is 9.47 Å². The van der Waals surface area contributed by atoms with Crippen molar-refractivity contribution in [3.8, 4) is 5.75 Å². The quantitative estimate of drug-likeness (QED) is 0.503. The molecule has 2 rings (SSSR count). The molecule has 1 unspecified atom stereocenters. The zero-order valence-corrected chi connectivity index (χ0v) is 16.3. The Bertz CT molecular complexity index is 469. The molecule has 0 amide bonds. The highest BCUT2D eigenvalue weighted by Gasteiger charge is 2.22. The van der Waals surface area contributed by atoms with E-state index in [0.717, 1.165) is 24.7 Å². The van der Waals surface area contributed by atoms with Gasteiger partial charge < -0.3 is 9.47 Å². The van der Waals surface area contributed by atoms with Gasteiger partial charge in [-0.1, -0.05) is 65.0 Å². The zero-order valence-electron chi connectivity index (χ0n) is 16.3. The molecular formula is C22H36O2. The van der Waals surface area contributed by atoms with E-state index in [1.54, 1.807) is 0 Å². The SMILES string of the molecule is CC(C)C(C)c1ccc(OC(C)(C)OCCC2CCCCC2)cc1. The Morgan fingerprint density at radius 2 is 1.62 bits per heavy atom. The van der Waals surface area contributed by atoms with Crippen LogP contribution in [-0.4, -0.2) is 12.4 Å². The third-order valence-electron chi connectivity index (χ3n) is 5.47. The van der Waals surface area contributed by atoms with Crippen LogP contribution < -0.4 is 4.74 Å². The minimum atomic E-state index is -0.570. The molecule has 1 aromatic rings.